The van der Waals surface area contributed by atoms with Crippen molar-refractivity contribution >= 4 is 5.78 Å². The van der Waals surface area contributed by atoms with Crippen LogP contribution in [0, 0.1) is 5.82 Å². The van der Waals surface area contributed by atoms with Gasteiger partial charge in [0.05, 0.1) is 18.5 Å². The highest BCUT2D eigenvalue weighted by Crippen LogP contribution is 2.19. The molecule has 18 heavy (non-hydrogen) atoms. The van der Waals surface area contributed by atoms with Crippen LogP contribution >= 0.6 is 0 Å². The van der Waals surface area contributed by atoms with Crippen molar-refractivity contribution in [2.75, 3.05) is 20.1 Å². The monoisotopic (exact) mass is 263 g/mol. The van der Waals surface area contributed by atoms with Crippen molar-refractivity contribution in [3.8, 4) is 0 Å². The molecule has 0 spiro atoms. The fraction of sp³-hybridized carbons (Fsp3) is 0.417. The number of benzene rings is 1. The quantitative estimate of drug-likeness (QED) is 0.601. The van der Waals surface area contributed by atoms with E-state index in [0.717, 1.165) is 6.07 Å². The molecule has 0 aliphatic carbocycles. The SMILES string of the molecule is CN(CCC(F)(F)F)CC(=O)c1ccccc1F. The average Bonchev–Trinajstić information content (AvgIpc) is 2.26. The summed E-state index contributed by atoms with van der Waals surface area (Å²) < 4.78 is 49.2. The molecule has 0 saturated heterocycles. The zero-order chi connectivity index (χ0) is 13.8. The number of nitrogens with zero attached hydrogens (tertiary/aromatic N) is 1. The Bertz CT molecular complexity index is 417. The Morgan fingerprint density at radius 3 is 2.44 bits per heavy atom. The molecule has 0 atom stereocenters. The van der Waals surface area contributed by atoms with Gasteiger partial charge in [-0.1, -0.05) is 12.1 Å². The highest BCUT2D eigenvalue weighted by atomic mass is 19.4. The van der Waals surface area contributed by atoms with E-state index in [4.69, 9.17) is 0 Å². The molecule has 0 aliphatic heterocycles. The second kappa shape index (κ2) is 5.95. The van der Waals surface area contributed by atoms with E-state index in [1.165, 1.54) is 30.1 Å². The van der Waals surface area contributed by atoms with Crippen LogP contribution in [0.1, 0.15) is 16.8 Å². The van der Waals surface area contributed by atoms with Crippen LogP contribution < -0.4 is 0 Å². The van der Waals surface area contributed by atoms with Gasteiger partial charge in [0, 0.05) is 6.54 Å². The molecule has 1 rings (SSSR count). The van der Waals surface area contributed by atoms with E-state index < -0.39 is 24.2 Å². The molecule has 0 radical (unpaired) electrons. The Kier molecular flexibility index (Phi) is 4.84. The number of halogens is 4. The summed E-state index contributed by atoms with van der Waals surface area (Å²) in [6.07, 6.45) is -5.25. The number of hydrogen-bond acceptors (Lipinski definition) is 2. The summed E-state index contributed by atoms with van der Waals surface area (Å²) in [5, 5.41) is 0. The number of alkyl halides is 3. The first kappa shape index (κ1) is 14.6. The number of Topliss-reactive ketones (excluding diaryl/α,β-unsaturated/α-hetero) is 1. The molecular weight excluding hydrogens is 250 g/mol. The normalized spacial score (nSPS) is 11.9. The second-order valence-corrected chi connectivity index (χ2v) is 4.01. The molecule has 0 amide bonds. The standard InChI is InChI=1S/C12H13F4NO/c1-17(7-6-12(14,15)16)8-11(18)9-4-2-3-5-10(9)13/h2-5H,6-8H2,1H3. The number of carbonyl (C=O) groups excluding carboxylic acids is 1. The van der Waals surface area contributed by atoms with Gasteiger partial charge in [-0.05, 0) is 19.2 Å². The molecule has 1 aromatic carbocycles. The maximum absolute atomic E-state index is 13.2. The van der Waals surface area contributed by atoms with Crippen molar-refractivity contribution in [1.29, 1.82) is 0 Å². The van der Waals surface area contributed by atoms with E-state index in [-0.39, 0.29) is 18.7 Å². The molecule has 0 aromatic heterocycles. The molecule has 2 nitrogen and oxygen atoms in total. The number of ketones is 1. The maximum Gasteiger partial charge on any atom is 0.390 e. The predicted molar refractivity (Wildman–Crippen MR) is 58.9 cm³/mol. The van der Waals surface area contributed by atoms with Gasteiger partial charge in [-0.25, -0.2) is 4.39 Å². The smallest absolute Gasteiger partial charge is 0.299 e. The number of hydrogen-bond donors (Lipinski definition) is 0. The first-order valence-corrected chi connectivity index (χ1v) is 5.32. The summed E-state index contributed by atoms with van der Waals surface area (Å²) in [5.41, 5.74) is -0.101. The highest BCUT2D eigenvalue weighted by Gasteiger charge is 2.27. The van der Waals surface area contributed by atoms with Crippen LogP contribution in [0.25, 0.3) is 0 Å². The molecule has 0 saturated carbocycles. The summed E-state index contributed by atoms with van der Waals surface area (Å²) in [7, 11) is 1.39. The molecule has 0 fully saturated rings. The van der Waals surface area contributed by atoms with Crippen molar-refractivity contribution in [2.24, 2.45) is 0 Å². The van der Waals surface area contributed by atoms with Gasteiger partial charge in [-0.2, -0.15) is 13.2 Å². The van der Waals surface area contributed by atoms with Gasteiger partial charge in [0.2, 0.25) is 0 Å². The molecule has 0 unspecified atom stereocenters. The van der Waals surface area contributed by atoms with Gasteiger partial charge in [0.15, 0.2) is 5.78 Å². The van der Waals surface area contributed by atoms with Crippen LogP contribution in [0.5, 0.6) is 0 Å². The van der Waals surface area contributed by atoms with Gasteiger partial charge in [0.1, 0.15) is 5.82 Å². The summed E-state index contributed by atoms with van der Waals surface area (Å²) >= 11 is 0. The topological polar surface area (TPSA) is 20.3 Å². The summed E-state index contributed by atoms with van der Waals surface area (Å²) in [4.78, 5) is 12.9. The lowest BCUT2D eigenvalue weighted by Gasteiger charge is -2.16. The highest BCUT2D eigenvalue weighted by molar-refractivity contribution is 5.97. The fourth-order valence-electron chi connectivity index (χ4n) is 1.41. The lowest BCUT2D eigenvalue weighted by molar-refractivity contribution is -0.137. The molecule has 0 heterocycles. The molecular formula is C12H13F4NO. The Hall–Kier alpha value is -1.43. The van der Waals surface area contributed by atoms with Crippen LogP contribution in [0.4, 0.5) is 17.6 Å². The van der Waals surface area contributed by atoms with Crippen LogP contribution in [0.3, 0.4) is 0 Å². The van der Waals surface area contributed by atoms with Crippen LogP contribution in [-0.4, -0.2) is 37.0 Å². The van der Waals surface area contributed by atoms with Gasteiger partial charge in [0.25, 0.3) is 0 Å². The van der Waals surface area contributed by atoms with Gasteiger partial charge in [-0.15, -0.1) is 0 Å². The minimum absolute atomic E-state index is 0.101. The number of carbonyl (C=O) groups is 1. The fourth-order valence-corrected chi connectivity index (χ4v) is 1.41. The maximum atomic E-state index is 13.2. The van der Waals surface area contributed by atoms with Crippen molar-refractivity contribution in [3.63, 3.8) is 0 Å². The van der Waals surface area contributed by atoms with Crippen molar-refractivity contribution in [2.45, 2.75) is 12.6 Å². The minimum Gasteiger partial charge on any atom is -0.299 e. The van der Waals surface area contributed by atoms with Crippen molar-refractivity contribution in [1.82, 2.24) is 4.90 Å². The van der Waals surface area contributed by atoms with Crippen molar-refractivity contribution < 1.29 is 22.4 Å². The number of likely N-dealkylation sites (N-methyl/N-ethyl adjacent to an activating group) is 1. The minimum atomic E-state index is -4.25. The Labute approximate surface area is 102 Å². The molecule has 0 bridgehead atoms. The van der Waals surface area contributed by atoms with E-state index in [1.807, 2.05) is 0 Å². The molecule has 0 aliphatic rings. The third kappa shape index (κ3) is 4.83. The Morgan fingerprint density at radius 1 is 1.28 bits per heavy atom. The summed E-state index contributed by atoms with van der Waals surface area (Å²) in [6.45, 7) is -0.527. The number of rotatable bonds is 5. The zero-order valence-corrected chi connectivity index (χ0v) is 9.80. The summed E-state index contributed by atoms with van der Waals surface area (Å²) in [5.74, 6) is -1.19. The lowest BCUT2D eigenvalue weighted by Crippen LogP contribution is -2.30. The first-order valence-electron chi connectivity index (χ1n) is 5.32. The Balaban J connectivity index is 2.53. The molecule has 100 valence electrons. The molecule has 1 aromatic rings. The third-order valence-corrected chi connectivity index (χ3v) is 2.36. The largest absolute Gasteiger partial charge is 0.390 e. The zero-order valence-electron chi connectivity index (χ0n) is 9.80. The van der Waals surface area contributed by atoms with Crippen LogP contribution in [0.15, 0.2) is 24.3 Å². The van der Waals surface area contributed by atoms with Crippen molar-refractivity contribution in [3.05, 3.63) is 35.6 Å². The first-order chi connectivity index (χ1) is 8.29. The van der Waals surface area contributed by atoms with Gasteiger partial charge in [-0.3, -0.25) is 9.69 Å². The predicted octanol–water partition coefficient (Wildman–Crippen LogP) is 2.89. The van der Waals surface area contributed by atoms with E-state index in [1.54, 1.807) is 0 Å². The van der Waals surface area contributed by atoms with Gasteiger partial charge < -0.3 is 0 Å². The van der Waals surface area contributed by atoms with E-state index in [2.05, 4.69) is 0 Å². The second-order valence-electron chi connectivity index (χ2n) is 4.01. The van der Waals surface area contributed by atoms with E-state index in [0.29, 0.717) is 0 Å². The lowest BCUT2D eigenvalue weighted by atomic mass is 10.1. The average molecular weight is 263 g/mol. The third-order valence-electron chi connectivity index (χ3n) is 2.36. The van der Waals surface area contributed by atoms with E-state index >= 15 is 0 Å². The molecule has 6 heteroatoms. The van der Waals surface area contributed by atoms with E-state index in [9.17, 15) is 22.4 Å². The Morgan fingerprint density at radius 2 is 1.89 bits per heavy atom. The van der Waals surface area contributed by atoms with Gasteiger partial charge >= 0.3 is 6.18 Å². The van der Waals surface area contributed by atoms with Crippen LogP contribution in [-0.2, 0) is 0 Å². The summed E-state index contributed by atoms with van der Waals surface area (Å²) in [6, 6.07) is 5.41. The molecule has 0 N–H and O–H groups in total. The van der Waals surface area contributed by atoms with Crippen LogP contribution in [0.2, 0.25) is 0 Å².